The van der Waals surface area contributed by atoms with Crippen LogP contribution < -0.4 is 0 Å². The third-order valence-corrected chi connectivity index (χ3v) is 9.15. The van der Waals surface area contributed by atoms with Crippen LogP contribution in [0.5, 0.6) is 0 Å². The van der Waals surface area contributed by atoms with Crippen LogP contribution >= 0.6 is 0 Å². The Balaban J connectivity index is 0.00000193. The minimum Gasteiger partial charge on any atom is -0.459 e. The fraction of sp³-hybridized carbons (Fsp3) is 0.826. The minimum atomic E-state index is -1.84. The van der Waals surface area contributed by atoms with Gasteiger partial charge in [-0.3, -0.25) is 9.59 Å². The third kappa shape index (κ3) is 3.99. The summed E-state index contributed by atoms with van der Waals surface area (Å²) >= 11 is 0. The molecule has 1 aliphatic heterocycles. The van der Waals surface area contributed by atoms with Crippen molar-refractivity contribution in [2.75, 3.05) is 6.61 Å². The summed E-state index contributed by atoms with van der Waals surface area (Å²) in [4.78, 5) is 26.2. The first kappa shape index (κ1) is 30.8. The molecule has 0 aromatic carbocycles. The summed E-state index contributed by atoms with van der Waals surface area (Å²) in [6, 6.07) is 0. The number of carbonyl (C=O) groups excluding carboxylic acids is 2. The van der Waals surface area contributed by atoms with Crippen molar-refractivity contribution in [3.63, 3.8) is 0 Å². The van der Waals surface area contributed by atoms with Gasteiger partial charge in [0, 0.05) is 118 Å². The second-order valence-corrected chi connectivity index (χ2v) is 10.9. The van der Waals surface area contributed by atoms with Crippen LogP contribution in [0.15, 0.2) is 11.1 Å². The Labute approximate surface area is 266 Å². The molecule has 3 fully saturated rings. The predicted octanol–water partition coefficient (Wildman–Crippen LogP) is 0.492. The largest absolute Gasteiger partial charge is 0.459 e. The quantitative estimate of drug-likeness (QED) is 0.221. The molecule has 0 amide bonds. The van der Waals surface area contributed by atoms with Crippen molar-refractivity contribution in [1.29, 1.82) is 0 Å². The average molecular weight is 893 g/mol. The number of fused-ring (bicyclic) bond motifs is 5. The number of Topliss-reactive ketones (excluding diaryl/α,β-unsaturated/α-hetero) is 1. The summed E-state index contributed by atoms with van der Waals surface area (Å²) in [5.74, 6) is -2.50. The zero-order valence-corrected chi connectivity index (χ0v) is 29.7. The van der Waals surface area contributed by atoms with Crippen molar-refractivity contribution >= 4 is 11.8 Å². The SMILES string of the molecule is CC(=O)O[C@H]1[C@@H]2[C@]3(O)CO[C@@H]3C[C@H](C)[C@@]2(C)C(=O)[C@H](O)C2=C(C)[C@@H](O)C[C@]1(O)C2(C)C.[Ac].[Ac]. The maximum Gasteiger partial charge on any atom is 0.303 e. The Bertz CT molecular complexity index is 875. The fourth-order valence-corrected chi connectivity index (χ4v) is 6.98. The van der Waals surface area contributed by atoms with E-state index in [0.29, 0.717) is 12.0 Å². The predicted molar refractivity (Wildman–Crippen MR) is 109 cm³/mol. The molecule has 180 valence electrons. The number of ether oxygens (including phenoxy) is 2. The molecule has 4 N–H and O–H groups in total. The van der Waals surface area contributed by atoms with E-state index >= 15 is 0 Å². The van der Waals surface area contributed by atoms with E-state index in [2.05, 4.69) is 0 Å². The van der Waals surface area contributed by atoms with Crippen LogP contribution in [0.3, 0.4) is 0 Å². The monoisotopic (exact) mass is 892 g/mol. The Morgan fingerprint density at radius 3 is 2.21 bits per heavy atom. The second kappa shape index (κ2) is 9.70. The molecule has 33 heavy (non-hydrogen) atoms. The Hall–Kier alpha value is 1.56. The molecule has 1 heterocycles. The molecule has 2 radical (unpaired) electrons. The Morgan fingerprint density at radius 2 is 1.73 bits per heavy atom. The van der Waals surface area contributed by atoms with E-state index < -0.39 is 64.1 Å². The Morgan fingerprint density at radius 1 is 1.15 bits per heavy atom. The molecule has 2 bridgehead atoms. The van der Waals surface area contributed by atoms with E-state index in [-0.39, 0.29) is 113 Å². The van der Waals surface area contributed by atoms with Gasteiger partial charge >= 0.3 is 5.97 Å². The van der Waals surface area contributed by atoms with Crippen LogP contribution in [0, 0.1) is 111 Å². The molecule has 4 aliphatic rings. The van der Waals surface area contributed by atoms with Gasteiger partial charge in [0.15, 0.2) is 5.78 Å². The van der Waals surface area contributed by atoms with E-state index in [0.717, 1.165) is 0 Å². The van der Waals surface area contributed by atoms with Gasteiger partial charge in [-0.2, -0.15) is 0 Å². The van der Waals surface area contributed by atoms with E-state index in [1.165, 1.54) is 6.92 Å². The van der Waals surface area contributed by atoms with Crippen molar-refractivity contribution in [3.8, 4) is 0 Å². The van der Waals surface area contributed by atoms with Crippen LogP contribution in [0.25, 0.3) is 0 Å². The molecule has 8 nitrogen and oxygen atoms in total. The fourth-order valence-electron chi connectivity index (χ4n) is 6.98. The smallest absolute Gasteiger partial charge is 0.303 e. The molecule has 0 aromatic heterocycles. The molecule has 1 saturated heterocycles. The molecule has 0 aromatic rings. The number of aliphatic hydroxyl groups is 4. The van der Waals surface area contributed by atoms with Crippen molar-refractivity contribution in [2.45, 2.75) is 90.0 Å². The summed E-state index contributed by atoms with van der Waals surface area (Å²) in [7, 11) is 0. The summed E-state index contributed by atoms with van der Waals surface area (Å²) in [6.07, 6.45) is -4.32. The normalized spacial score (nSPS) is 48.0. The van der Waals surface area contributed by atoms with Gasteiger partial charge in [-0.05, 0) is 30.4 Å². The van der Waals surface area contributed by atoms with E-state index in [1.807, 2.05) is 6.92 Å². The number of esters is 1. The zero-order valence-electron chi connectivity index (χ0n) is 20.2. The first-order valence-electron chi connectivity index (χ1n) is 11.0. The molecule has 0 spiro atoms. The maximum absolute atomic E-state index is 13.9. The zero-order chi connectivity index (χ0) is 23.3. The number of ketones is 1. The molecule has 2 saturated carbocycles. The van der Waals surface area contributed by atoms with Crippen LogP contribution in [0.4, 0.5) is 0 Å². The molecule has 0 unspecified atom stereocenters. The molecule has 3 aliphatic carbocycles. The minimum absolute atomic E-state index is 0. The second-order valence-electron chi connectivity index (χ2n) is 10.9. The van der Waals surface area contributed by atoms with Crippen LogP contribution in [-0.4, -0.2) is 74.4 Å². The first-order valence-corrected chi connectivity index (χ1v) is 11.0. The van der Waals surface area contributed by atoms with Crippen molar-refractivity contribution in [2.24, 2.45) is 22.7 Å². The van der Waals surface area contributed by atoms with Gasteiger partial charge in [-0.15, -0.1) is 0 Å². The average Bonchev–Trinajstić information content (AvgIpc) is 2.66. The van der Waals surface area contributed by atoms with Gasteiger partial charge in [0.25, 0.3) is 0 Å². The van der Waals surface area contributed by atoms with Crippen molar-refractivity contribution in [1.82, 2.24) is 0 Å². The van der Waals surface area contributed by atoms with Crippen LogP contribution in [0.2, 0.25) is 0 Å². The van der Waals surface area contributed by atoms with Gasteiger partial charge in [-0.1, -0.05) is 27.7 Å². The van der Waals surface area contributed by atoms with Gasteiger partial charge in [0.1, 0.15) is 23.4 Å². The van der Waals surface area contributed by atoms with E-state index in [9.17, 15) is 30.0 Å². The van der Waals surface area contributed by atoms with Crippen LogP contribution in [0.1, 0.15) is 54.4 Å². The van der Waals surface area contributed by atoms with Crippen LogP contribution in [-0.2, 0) is 19.1 Å². The maximum atomic E-state index is 13.9. The third-order valence-electron chi connectivity index (χ3n) is 9.15. The van der Waals surface area contributed by atoms with E-state index in [1.54, 1.807) is 27.7 Å². The number of aliphatic hydroxyl groups excluding tert-OH is 2. The standard InChI is InChI=1S/C23H34O8.2Ac/c1-10-7-14-22(28,9-30-14)17-19(31-12(3)24)23(29)8-13(25)11(2)15(20(23,4)5)16(26)18(27)21(10,17)6;;/h10,13-14,16-17,19,25-26,28-29H,7-9H2,1-6H3;;/t10-,13-,14+,16+,17-,19-,21+,22-,23+;;/m0../s1. The Kier molecular flexibility index (Phi) is 9.05. The number of hydrogen-bond acceptors (Lipinski definition) is 8. The van der Waals surface area contributed by atoms with Gasteiger partial charge in [0.05, 0.1) is 18.8 Å². The molecule has 4 rings (SSSR count). The van der Waals surface area contributed by atoms with Gasteiger partial charge in [-0.25, -0.2) is 0 Å². The number of rotatable bonds is 1. The molecular weight excluding hydrogens is 858 g/mol. The van der Waals surface area contributed by atoms with Gasteiger partial charge < -0.3 is 29.9 Å². The number of carbonyl (C=O) groups is 2. The number of hydrogen-bond donors (Lipinski definition) is 4. The molecule has 10 heteroatoms. The van der Waals surface area contributed by atoms with Crippen molar-refractivity contribution < 1.29 is 128 Å². The summed E-state index contributed by atoms with van der Waals surface area (Å²) in [5, 5.41) is 46.0. The van der Waals surface area contributed by atoms with Crippen molar-refractivity contribution in [3.05, 3.63) is 11.1 Å². The topological polar surface area (TPSA) is 134 Å². The molecule has 9 atom stereocenters. The first-order chi connectivity index (χ1) is 14.1. The van der Waals surface area contributed by atoms with Gasteiger partial charge in [0.2, 0.25) is 0 Å². The summed E-state index contributed by atoms with van der Waals surface area (Å²) in [6.45, 7) is 9.69. The summed E-state index contributed by atoms with van der Waals surface area (Å²) < 4.78 is 11.4. The molecular formula is C23H34Ac2O8. The summed E-state index contributed by atoms with van der Waals surface area (Å²) in [5.41, 5.74) is -5.18. The van der Waals surface area contributed by atoms with E-state index in [4.69, 9.17) is 9.47 Å².